The normalized spacial score (nSPS) is 23.1. The summed E-state index contributed by atoms with van der Waals surface area (Å²) in [7, 11) is 0. The van der Waals surface area contributed by atoms with Crippen molar-refractivity contribution < 1.29 is 4.79 Å². The van der Waals surface area contributed by atoms with E-state index >= 15 is 0 Å². The van der Waals surface area contributed by atoms with Crippen LogP contribution in [0.2, 0.25) is 0 Å². The number of piperidine rings is 1. The van der Waals surface area contributed by atoms with Crippen LogP contribution in [0.5, 0.6) is 0 Å². The van der Waals surface area contributed by atoms with Gasteiger partial charge in [-0.25, -0.2) is 0 Å². The zero-order valence-corrected chi connectivity index (χ0v) is 11.9. The molecular formula is C16H24N2O. The summed E-state index contributed by atoms with van der Waals surface area (Å²) in [6.45, 7) is 5.34. The van der Waals surface area contributed by atoms with E-state index in [1.165, 1.54) is 5.56 Å². The van der Waals surface area contributed by atoms with Gasteiger partial charge in [0.05, 0.1) is 6.42 Å². The highest BCUT2D eigenvalue weighted by Gasteiger charge is 2.22. The molecule has 19 heavy (non-hydrogen) atoms. The van der Waals surface area contributed by atoms with E-state index in [0.29, 0.717) is 12.5 Å². The second kappa shape index (κ2) is 6.71. The Hall–Kier alpha value is -1.35. The molecule has 2 atom stereocenters. The fraction of sp³-hybridized carbons (Fsp3) is 0.562. The number of carbonyl (C=O) groups excluding carboxylic acids is 1. The summed E-state index contributed by atoms with van der Waals surface area (Å²) in [6, 6.07) is 8.97. The van der Waals surface area contributed by atoms with Gasteiger partial charge in [-0.2, -0.15) is 0 Å². The van der Waals surface area contributed by atoms with Gasteiger partial charge in [0.25, 0.3) is 0 Å². The number of nitrogens with one attached hydrogen (secondary N) is 2. The third-order valence-corrected chi connectivity index (χ3v) is 3.90. The van der Waals surface area contributed by atoms with Crippen LogP contribution in [0.15, 0.2) is 24.3 Å². The molecule has 0 spiro atoms. The molecule has 3 nitrogen and oxygen atoms in total. The van der Waals surface area contributed by atoms with Crippen molar-refractivity contribution in [3.8, 4) is 0 Å². The van der Waals surface area contributed by atoms with Gasteiger partial charge < -0.3 is 10.6 Å². The highest BCUT2D eigenvalue weighted by atomic mass is 16.1. The minimum absolute atomic E-state index is 0.129. The summed E-state index contributed by atoms with van der Waals surface area (Å²) in [5, 5.41) is 6.55. The van der Waals surface area contributed by atoms with Crippen molar-refractivity contribution in [1.29, 1.82) is 0 Å². The van der Waals surface area contributed by atoms with Gasteiger partial charge in [0, 0.05) is 12.1 Å². The zero-order valence-electron chi connectivity index (χ0n) is 11.9. The average Bonchev–Trinajstić information content (AvgIpc) is 2.42. The fourth-order valence-corrected chi connectivity index (χ4v) is 2.58. The first-order valence-corrected chi connectivity index (χ1v) is 7.29. The molecule has 1 fully saturated rings. The molecule has 0 saturated carbocycles. The largest absolute Gasteiger partial charge is 0.352 e. The third-order valence-electron chi connectivity index (χ3n) is 3.90. The van der Waals surface area contributed by atoms with E-state index in [1.807, 2.05) is 0 Å². The Balaban J connectivity index is 1.86. The van der Waals surface area contributed by atoms with Crippen molar-refractivity contribution >= 4 is 5.91 Å². The van der Waals surface area contributed by atoms with Crippen LogP contribution in [0, 0.1) is 0 Å². The predicted molar refractivity (Wildman–Crippen MR) is 78.2 cm³/mol. The maximum Gasteiger partial charge on any atom is 0.224 e. The van der Waals surface area contributed by atoms with Crippen LogP contribution in [0.1, 0.15) is 37.8 Å². The highest BCUT2D eigenvalue weighted by Crippen LogP contribution is 2.09. The van der Waals surface area contributed by atoms with E-state index in [1.54, 1.807) is 0 Å². The lowest BCUT2D eigenvalue weighted by molar-refractivity contribution is -0.121. The molecule has 0 radical (unpaired) electrons. The number of aryl methyl sites for hydroxylation is 1. The molecule has 104 valence electrons. The number of hydrogen-bond acceptors (Lipinski definition) is 2. The van der Waals surface area contributed by atoms with E-state index < -0.39 is 0 Å². The van der Waals surface area contributed by atoms with Crippen LogP contribution in [0.3, 0.4) is 0 Å². The molecular weight excluding hydrogens is 236 g/mol. The first kappa shape index (κ1) is 14.1. The van der Waals surface area contributed by atoms with Crippen LogP contribution in [-0.2, 0) is 17.6 Å². The summed E-state index contributed by atoms with van der Waals surface area (Å²) < 4.78 is 0. The van der Waals surface area contributed by atoms with Crippen molar-refractivity contribution in [2.75, 3.05) is 6.54 Å². The predicted octanol–water partition coefficient (Wildman–Crippen LogP) is 2.05. The van der Waals surface area contributed by atoms with Crippen molar-refractivity contribution in [3.05, 3.63) is 35.4 Å². The van der Waals surface area contributed by atoms with Crippen LogP contribution in [0.25, 0.3) is 0 Å². The molecule has 1 aliphatic heterocycles. The van der Waals surface area contributed by atoms with Crippen molar-refractivity contribution in [3.63, 3.8) is 0 Å². The Labute approximate surface area is 115 Å². The van der Waals surface area contributed by atoms with E-state index in [4.69, 9.17) is 0 Å². The molecule has 2 unspecified atom stereocenters. The van der Waals surface area contributed by atoms with Gasteiger partial charge in [-0.1, -0.05) is 31.2 Å². The van der Waals surface area contributed by atoms with E-state index in [0.717, 1.165) is 31.4 Å². The van der Waals surface area contributed by atoms with E-state index in [9.17, 15) is 4.79 Å². The van der Waals surface area contributed by atoms with Gasteiger partial charge in [-0.15, -0.1) is 0 Å². The average molecular weight is 260 g/mol. The molecule has 1 heterocycles. The number of rotatable bonds is 4. The maximum absolute atomic E-state index is 12.0. The van der Waals surface area contributed by atoms with Crippen LogP contribution < -0.4 is 10.6 Å². The molecule has 0 aromatic heterocycles. The van der Waals surface area contributed by atoms with E-state index in [-0.39, 0.29) is 11.9 Å². The standard InChI is InChI=1S/C16H24N2O/c1-3-13-6-8-14(9-7-13)11-16(19)18-15-5-4-10-17-12(15)2/h6-9,12,15,17H,3-5,10-11H2,1-2H3,(H,18,19). The maximum atomic E-state index is 12.0. The summed E-state index contributed by atoms with van der Waals surface area (Å²) >= 11 is 0. The zero-order chi connectivity index (χ0) is 13.7. The molecule has 3 heteroatoms. The fourth-order valence-electron chi connectivity index (χ4n) is 2.58. The quantitative estimate of drug-likeness (QED) is 0.870. The lowest BCUT2D eigenvalue weighted by atomic mass is 9.99. The molecule has 1 aromatic carbocycles. The van der Waals surface area contributed by atoms with E-state index in [2.05, 4.69) is 48.7 Å². The van der Waals surface area contributed by atoms with Crippen LogP contribution >= 0.6 is 0 Å². The highest BCUT2D eigenvalue weighted by molar-refractivity contribution is 5.78. The monoisotopic (exact) mass is 260 g/mol. The Morgan fingerprint density at radius 3 is 2.63 bits per heavy atom. The van der Waals surface area contributed by atoms with Crippen molar-refractivity contribution in [2.24, 2.45) is 0 Å². The molecule has 1 amide bonds. The number of hydrogen-bond donors (Lipinski definition) is 2. The minimum Gasteiger partial charge on any atom is -0.352 e. The summed E-state index contributed by atoms with van der Waals surface area (Å²) in [5.41, 5.74) is 2.40. The van der Waals surface area contributed by atoms with Crippen LogP contribution in [-0.4, -0.2) is 24.5 Å². The lowest BCUT2D eigenvalue weighted by Crippen LogP contribution is -2.52. The lowest BCUT2D eigenvalue weighted by Gasteiger charge is -2.30. The van der Waals surface area contributed by atoms with Gasteiger partial charge in [-0.05, 0) is 43.9 Å². The minimum atomic E-state index is 0.129. The van der Waals surface area contributed by atoms with Gasteiger partial charge in [0.2, 0.25) is 5.91 Å². The Bertz CT molecular complexity index is 413. The molecule has 1 saturated heterocycles. The summed E-state index contributed by atoms with van der Waals surface area (Å²) in [6.07, 6.45) is 3.74. The smallest absolute Gasteiger partial charge is 0.224 e. The van der Waals surface area contributed by atoms with Gasteiger partial charge in [0.1, 0.15) is 0 Å². The van der Waals surface area contributed by atoms with Crippen molar-refractivity contribution in [1.82, 2.24) is 10.6 Å². The first-order valence-electron chi connectivity index (χ1n) is 7.29. The second-order valence-electron chi connectivity index (χ2n) is 5.41. The Morgan fingerprint density at radius 1 is 1.32 bits per heavy atom. The summed E-state index contributed by atoms with van der Waals surface area (Å²) in [5.74, 6) is 0.129. The van der Waals surface area contributed by atoms with Gasteiger partial charge in [-0.3, -0.25) is 4.79 Å². The molecule has 1 aromatic rings. The van der Waals surface area contributed by atoms with Crippen LogP contribution in [0.4, 0.5) is 0 Å². The number of amides is 1. The van der Waals surface area contributed by atoms with Crippen molar-refractivity contribution in [2.45, 2.75) is 51.6 Å². The SMILES string of the molecule is CCc1ccc(CC(=O)NC2CCCNC2C)cc1. The topological polar surface area (TPSA) is 41.1 Å². The first-order chi connectivity index (χ1) is 9.19. The summed E-state index contributed by atoms with van der Waals surface area (Å²) in [4.78, 5) is 12.0. The molecule has 0 bridgehead atoms. The Kier molecular flexibility index (Phi) is 4.97. The molecule has 2 rings (SSSR count). The number of benzene rings is 1. The van der Waals surface area contributed by atoms with Gasteiger partial charge in [0.15, 0.2) is 0 Å². The third kappa shape index (κ3) is 4.06. The molecule has 2 N–H and O–H groups in total. The Morgan fingerprint density at radius 2 is 2.00 bits per heavy atom. The number of carbonyl (C=O) groups is 1. The second-order valence-corrected chi connectivity index (χ2v) is 5.41. The molecule has 0 aliphatic carbocycles. The van der Waals surface area contributed by atoms with Gasteiger partial charge >= 0.3 is 0 Å². The molecule has 1 aliphatic rings.